The highest BCUT2D eigenvalue weighted by Gasteiger charge is 2.18. The Bertz CT molecular complexity index is 1230. The third-order valence-corrected chi connectivity index (χ3v) is 6.04. The predicted octanol–water partition coefficient (Wildman–Crippen LogP) is 3.19. The maximum absolute atomic E-state index is 6.20. The highest BCUT2D eigenvalue weighted by Crippen LogP contribution is 2.32. The number of hydrogen-bond acceptors (Lipinski definition) is 8. The lowest BCUT2D eigenvalue weighted by Crippen LogP contribution is -2.26. The van der Waals surface area contributed by atoms with Gasteiger partial charge in [0.25, 0.3) is 0 Å². The second-order valence-electron chi connectivity index (χ2n) is 8.85. The Morgan fingerprint density at radius 3 is 2.88 bits per heavy atom. The molecule has 1 saturated heterocycles. The van der Waals surface area contributed by atoms with Crippen LogP contribution in [0, 0.1) is 0 Å². The fraction of sp³-hybridized carbons (Fsp3) is 0.458. The molecule has 0 aromatic carbocycles. The van der Waals surface area contributed by atoms with Crippen LogP contribution >= 0.6 is 0 Å². The van der Waals surface area contributed by atoms with Gasteiger partial charge in [0.1, 0.15) is 23.7 Å². The zero-order valence-electron chi connectivity index (χ0n) is 19.3. The summed E-state index contributed by atoms with van der Waals surface area (Å²) in [6.45, 7) is 6.83. The molecule has 0 amide bonds. The van der Waals surface area contributed by atoms with E-state index in [1.54, 1.807) is 23.0 Å². The van der Waals surface area contributed by atoms with Gasteiger partial charge in [-0.2, -0.15) is 0 Å². The lowest BCUT2D eigenvalue weighted by Gasteiger charge is -2.21. The van der Waals surface area contributed by atoms with Gasteiger partial charge in [0.05, 0.1) is 11.6 Å². The monoisotopic (exact) mass is 449 g/mol. The molecule has 0 bridgehead atoms. The Kier molecular flexibility index (Phi) is 6.15. The third-order valence-electron chi connectivity index (χ3n) is 6.04. The van der Waals surface area contributed by atoms with Crippen LogP contribution in [-0.4, -0.2) is 70.4 Å². The minimum Gasteiger partial charge on any atom is -0.475 e. The van der Waals surface area contributed by atoms with E-state index in [1.807, 2.05) is 25.1 Å². The van der Waals surface area contributed by atoms with E-state index in [9.17, 15) is 0 Å². The normalized spacial score (nSPS) is 15.5. The average Bonchev–Trinajstić information content (AvgIpc) is 3.55. The number of furan rings is 1. The SMILES string of the molecule is CC(N)COc1ccc2ncc(-c3cc4c(N(C)CCCN5CCCC5)nccc4o3)n2n1. The van der Waals surface area contributed by atoms with Crippen LogP contribution < -0.4 is 15.4 Å². The molecule has 1 fully saturated rings. The molecule has 4 aromatic rings. The first-order chi connectivity index (χ1) is 16.1. The number of hydrogen-bond donors (Lipinski definition) is 1. The summed E-state index contributed by atoms with van der Waals surface area (Å²) in [6, 6.07) is 7.52. The van der Waals surface area contributed by atoms with Gasteiger partial charge in [-0.1, -0.05) is 0 Å². The quantitative estimate of drug-likeness (QED) is 0.416. The van der Waals surface area contributed by atoms with Crippen LogP contribution in [0.4, 0.5) is 5.82 Å². The molecule has 1 unspecified atom stereocenters. The molecule has 4 aromatic heterocycles. The van der Waals surface area contributed by atoms with E-state index < -0.39 is 0 Å². The Balaban J connectivity index is 1.39. The maximum atomic E-state index is 6.20. The van der Waals surface area contributed by atoms with Crippen LogP contribution in [0.15, 0.2) is 41.1 Å². The Morgan fingerprint density at radius 1 is 1.21 bits per heavy atom. The van der Waals surface area contributed by atoms with E-state index >= 15 is 0 Å². The van der Waals surface area contributed by atoms with Crippen molar-refractivity contribution in [2.75, 3.05) is 44.7 Å². The number of imidazole rings is 1. The summed E-state index contributed by atoms with van der Waals surface area (Å²) < 4.78 is 13.6. The first kappa shape index (κ1) is 21.7. The van der Waals surface area contributed by atoms with Gasteiger partial charge in [-0.25, -0.2) is 14.5 Å². The van der Waals surface area contributed by atoms with Crippen molar-refractivity contribution in [3.05, 3.63) is 36.7 Å². The summed E-state index contributed by atoms with van der Waals surface area (Å²) in [5, 5.41) is 5.56. The summed E-state index contributed by atoms with van der Waals surface area (Å²) >= 11 is 0. The molecule has 5 rings (SSSR count). The number of fused-ring (bicyclic) bond motifs is 2. The van der Waals surface area contributed by atoms with Crippen LogP contribution in [0.5, 0.6) is 5.88 Å². The van der Waals surface area contributed by atoms with Crippen molar-refractivity contribution < 1.29 is 9.15 Å². The number of nitrogens with two attached hydrogens (primary N) is 1. The third kappa shape index (κ3) is 4.65. The Hall–Kier alpha value is -3.17. The molecule has 1 aliphatic heterocycles. The molecule has 174 valence electrons. The molecule has 0 aliphatic carbocycles. The minimum atomic E-state index is -0.0709. The second-order valence-corrected chi connectivity index (χ2v) is 8.85. The van der Waals surface area contributed by atoms with Crippen molar-refractivity contribution >= 4 is 22.4 Å². The molecule has 33 heavy (non-hydrogen) atoms. The number of ether oxygens (including phenoxy) is 1. The van der Waals surface area contributed by atoms with Crippen LogP contribution in [0.2, 0.25) is 0 Å². The summed E-state index contributed by atoms with van der Waals surface area (Å²) in [4.78, 5) is 13.9. The largest absolute Gasteiger partial charge is 0.475 e. The molecular weight excluding hydrogens is 418 g/mol. The zero-order valence-corrected chi connectivity index (χ0v) is 19.3. The minimum absolute atomic E-state index is 0.0709. The van der Waals surface area contributed by atoms with Gasteiger partial charge in [0, 0.05) is 31.9 Å². The lowest BCUT2D eigenvalue weighted by atomic mass is 10.2. The van der Waals surface area contributed by atoms with Gasteiger partial charge in [-0.05, 0) is 64.0 Å². The number of anilines is 1. The van der Waals surface area contributed by atoms with Gasteiger partial charge in [0.15, 0.2) is 11.4 Å². The standard InChI is InChI=1S/C24H31N7O2/c1-17(25)16-32-23-7-6-22-27-15-19(31(22)28-23)21-14-18-20(33-21)8-9-26-24(18)29(2)10-5-13-30-11-3-4-12-30/h6-9,14-15,17H,3-5,10-13,16,25H2,1-2H3. The van der Waals surface area contributed by atoms with Crippen molar-refractivity contribution in [1.29, 1.82) is 0 Å². The Labute approximate surface area is 193 Å². The van der Waals surface area contributed by atoms with Crippen molar-refractivity contribution in [1.82, 2.24) is 24.5 Å². The van der Waals surface area contributed by atoms with Gasteiger partial charge in [-0.3, -0.25) is 0 Å². The number of pyridine rings is 1. The zero-order chi connectivity index (χ0) is 22.8. The van der Waals surface area contributed by atoms with E-state index in [1.165, 1.54) is 25.9 Å². The predicted molar refractivity (Wildman–Crippen MR) is 129 cm³/mol. The number of aromatic nitrogens is 4. The number of nitrogens with zero attached hydrogens (tertiary/aromatic N) is 6. The molecule has 5 heterocycles. The van der Waals surface area contributed by atoms with E-state index in [2.05, 4.69) is 31.9 Å². The van der Waals surface area contributed by atoms with E-state index in [0.29, 0.717) is 18.2 Å². The lowest BCUT2D eigenvalue weighted by molar-refractivity contribution is 0.281. The van der Waals surface area contributed by atoms with Gasteiger partial charge < -0.3 is 24.7 Å². The molecule has 9 heteroatoms. The first-order valence-corrected chi connectivity index (χ1v) is 11.6. The average molecular weight is 450 g/mol. The molecule has 9 nitrogen and oxygen atoms in total. The van der Waals surface area contributed by atoms with Crippen molar-refractivity contribution in [2.24, 2.45) is 5.73 Å². The fourth-order valence-corrected chi connectivity index (χ4v) is 4.34. The fourth-order valence-electron chi connectivity index (χ4n) is 4.34. The summed E-state index contributed by atoms with van der Waals surface area (Å²) in [5.41, 5.74) is 8.07. The van der Waals surface area contributed by atoms with Crippen molar-refractivity contribution in [2.45, 2.75) is 32.2 Å². The topological polar surface area (TPSA) is 98.0 Å². The van der Waals surface area contributed by atoms with Gasteiger partial charge in [0.2, 0.25) is 5.88 Å². The Morgan fingerprint density at radius 2 is 2.06 bits per heavy atom. The van der Waals surface area contributed by atoms with Gasteiger partial charge in [-0.15, -0.1) is 5.10 Å². The first-order valence-electron chi connectivity index (χ1n) is 11.6. The molecule has 1 atom stereocenters. The smallest absolute Gasteiger partial charge is 0.231 e. The summed E-state index contributed by atoms with van der Waals surface area (Å²) in [5.74, 6) is 2.11. The van der Waals surface area contributed by atoms with Crippen molar-refractivity contribution in [3.63, 3.8) is 0 Å². The second kappa shape index (κ2) is 9.36. The molecule has 0 radical (unpaired) electrons. The molecular formula is C24H31N7O2. The summed E-state index contributed by atoms with van der Waals surface area (Å²) in [7, 11) is 2.09. The van der Waals surface area contributed by atoms with E-state index in [-0.39, 0.29) is 6.04 Å². The highest BCUT2D eigenvalue weighted by molar-refractivity contribution is 5.91. The van der Waals surface area contributed by atoms with Crippen LogP contribution in [0.25, 0.3) is 28.1 Å². The molecule has 0 spiro atoms. The van der Waals surface area contributed by atoms with Crippen molar-refractivity contribution in [3.8, 4) is 17.3 Å². The maximum Gasteiger partial charge on any atom is 0.231 e. The van der Waals surface area contributed by atoms with E-state index in [4.69, 9.17) is 14.9 Å². The molecule has 0 saturated carbocycles. The molecule has 2 N–H and O–H groups in total. The number of rotatable bonds is 9. The van der Waals surface area contributed by atoms with Crippen LogP contribution in [-0.2, 0) is 0 Å². The van der Waals surface area contributed by atoms with Crippen LogP contribution in [0.1, 0.15) is 26.2 Å². The number of likely N-dealkylation sites (tertiary alicyclic amines) is 1. The molecule has 1 aliphatic rings. The van der Waals surface area contributed by atoms with Gasteiger partial charge >= 0.3 is 0 Å². The van der Waals surface area contributed by atoms with Crippen LogP contribution in [0.3, 0.4) is 0 Å². The summed E-state index contributed by atoms with van der Waals surface area (Å²) in [6.07, 6.45) is 7.33. The van der Waals surface area contributed by atoms with E-state index in [0.717, 1.165) is 47.6 Å². The highest BCUT2D eigenvalue weighted by atomic mass is 16.5.